The van der Waals surface area contributed by atoms with Crippen LogP contribution in [-0.2, 0) is 24.4 Å². The number of thioether (sulfide) groups is 1. The average Bonchev–Trinajstić information content (AvgIpc) is 3.45. The van der Waals surface area contributed by atoms with Gasteiger partial charge in [0.25, 0.3) is 0 Å². The smallest absolute Gasteiger partial charge is 0.236 e. The van der Waals surface area contributed by atoms with Gasteiger partial charge in [-0.25, -0.2) is 4.98 Å². The molecule has 0 bridgehead atoms. The Balaban J connectivity index is 1.31. The summed E-state index contributed by atoms with van der Waals surface area (Å²) in [5.74, 6) is 1.48. The molecule has 2 aromatic carbocycles. The Morgan fingerprint density at radius 3 is 2.71 bits per heavy atom. The normalized spacial score (nSPS) is 10.8. The second-order valence-corrected chi connectivity index (χ2v) is 10.6. The minimum Gasteiger partial charge on any atom is -0.486 e. The predicted octanol–water partition coefficient (Wildman–Crippen LogP) is 5.89. The number of nitrogens with one attached hydrogen (secondary N) is 1. The molecule has 0 saturated carbocycles. The van der Waals surface area contributed by atoms with Crippen molar-refractivity contribution in [2.45, 2.75) is 31.7 Å². The van der Waals surface area contributed by atoms with E-state index in [0.717, 1.165) is 21.5 Å². The van der Waals surface area contributed by atoms with Crippen molar-refractivity contribution in [3.8, 4) is 5.75 Å². The minimum absolute atomic E-state index is 0.148. The van der Waals surface area contributed by atoms with Crippen LogP contribution in [0.15, 0.2) is 77.0 Å². The molecule has 4 aromatic rings. The van der Waals surface area contributed by atoms with Gasteiger partial charge in [-0.15, -0.1) is 28.1 Å². The van der Waals surface area contributed by atoms with E-state index in [1.807, 2.05) is 47.9 Å². The van der Waals surface area contributed by atoms with Crippen molar-refractivity contribution in [2.24, 2.45) is 0 Å². The van der Waals surface area contributed by atoms with Crippen LogP contribution in [-0.4, -0.2) is 31.4 Å². The fraction of sp³-hybridized carbons (Fsp3) is 0.200. The van der Waals surface area contributed by atoms with Crippen molar-refractivity contribution in [1.29, 1.82) is 0 Å². The molecule has 180 valence electrons. The average molecular weight is 571 g/mol. The number of amides is 1. The molecule has 1 amide bonds. The molecule has 0 aliphatic heterocycles. The number of carbonyl (C=O) groups is 1. The van der Waals surface area contributed by atoms with E-state index < -0.39 is 0 Å². The van der Waals surface area contributed by atoms with E-state index in [0.29, 0.717) is 22.7 Å². The van der Waals surface area contributed by atoms with Crippen LogP contribution in [0.5, 0.6) is 5.75 Å². The van der Waals surface area contributed by atoms with E-state index in [4.69, 9.17) is 4.74 Å². The Labute approximate surface area is 220 Å². The zero-order valence-electron chi connectivity index (χ0n) is 19.1. The number of aryl methyl sites for hydroxylation is 1. The lowest BCUT2D eigenvalue weighted by atomic mass is 10.1. The number of aromatic nitrogens is 4. The maximum Gasteiger partial charge on any atom is 0.236 e. The zero-order chi connectivity index (χ0) is 24.6. The SMILES string of the molecule is C=CCn1c(COc2ccc(C)cc2)nnc1SCC(=O)Nc1ncc(Cc2ccc(Br)cc2)s1. The molecule has 0 unspecified atom stereocenters. The quantitative estimate of drug-likeness (QED) is 0.179. The topological polar surface area (TPSA) is 81.9 Å². The Bertz CT molecular complexity index is 1290. The molecule has 0 aliphatic carbocycles. The van der Waals surface area contributed by atoms with E-state index in [9.17, 15) is 4.79 Å². The molecule has 2 aromatic heterocycles. The number of ether oxygens (including phenoxy) is 1. The molecule has 10 heteroatoms. The molecular weight excluding hydrogens is 546 g/mol. The molecule has 2 heterocycles. The molecule has 0 spiro atoms. The lowest BCUT2D eigenvalue weighted by Gasteiger charge is -2.09. The lowest BCUT2D eigenvalue weighted by Crippen LogP contribution is -2.14. The monoisotopic (exact) mass is 569 g/mol. The number of thiazole rings is 1. The van der Waals surface area contributed by atoms with Crippen LogP contribution in [0.3, 0.4) is 0 Å². The van der Waals surface area contributed by atoms with E-state index in [2.05, 4.69) is 55.1 Å². The summed E-state index contributed by atoms with van der Waals surface area (Å²) < 4.78 is 8.80. The first-order chi connectivity index (χ1) is 17.0. The summed E-state index contributed by atoms with van der Waals surface area (Å²) in [5, 5.41) is 12.6. The predicted molar refractivity (Wildman–Crippen MR) is 144 cm³/mol. The summed E-state index contributed by atoms with van der Waals surface area (Å²) in [4.78, 5) is 18.0. The third-order valence-corrected chi connectivity index (χ3v) is 7.33. The number of carbonyl (C=O) groups excluding carboxylic acids is 1. The highest BCUT2D eigenvalue weighted by Gasteiger charge is 2.15. The van der Waals surface area contributed by atoms with Crippen molar-refractivity contribution < 1.29 is 9.53 Å². The Morgan fingerprint density at radius 1 is 1.20 bits per heavy atom. The third kappa shape index (κ3) is 7.27. The number of halogens is 1. The van der Waals surface area contributed by atoms with Crippen LogP contribution in [0, 0.1) is 6.92 Å². The summed E-state index contributed by atoms with van der Waals surface area (Å²) in [6.45, 7) is 6.65. The van der Waals surface area contributed by atoms with Gasteiger partial charge in [-0.2, -0.15) is 0 Å². The van der Waals surface area contributed by atoms with Gasteiger partial charge in [-0.3, -0.25) is 9.36 Å². The molecule has 0 aliphatic rings. The van der Waals surface area contributed by atoms with Crippen molar-refractivity contribution in [3.63, 3.8) is 0 Å². The van der Waals surface area contributed by atoms with Crippen LogP contribution >= 0.6 is 39.0 Å². The van der Waals surface area contributed by atoms with E-state index in [1.54, 1.807) is 12.3 Å². The van der Waals surface area contributed by atoms with E-state index in [1.165, 1.54) is 34.2 Å². The van der Waals surface area contributed by atoms with Crippen LogP contribution in [0.4, 0.5) is 5.13 Å². The first-order valence-electron chi connectivity index (χ1n) is 10.8. The van der Waals surface area contributed by atoms with Gasteiger partial charge >= 0.3 is 0 Å². The van der Waals surface area contributed by atoms with Gasteiger partial charge in [-0.05, 0) is 36.8 Å². The number of anilines is 1. The van der Waals surface area contributed by atoms with Gasteiger partial charge in [0.15, 0.2) is 16.1 Å². The van der Waals surface area contributed by atoms with Gasteiger partial charge in [0, 0.05) is 28.5 Å². The maximum atomic E-state index is 12.5. The van der Waals surface area contributed by atoms with Gasteiger partial charge in [0.2, 0.25) is 5.91 Å². The van der Waals surface area contributed by atoms with Crippen molar-refractivity contribution in [2.75, 3.05) is 11.1 Å². The Hall–Kier alpha value is -2.95. The maximum absolute atomic E-state index is 12.5. The fourth-order valence-corrected chi connectivity index (χ4v) is 5.06. The van der Waals surface area contributed by atoms with Crippen molar-refractivity contribution >= 4 is 50.1 Å². The van der Waals surface area contributed by atoms with Gasteiger partial charge in [-0.1, -0.05) is 63.6 Å². The summed E-state index contributed by atoms with van der Waals surface area (Å²) in [6.07, 6.45) is 4.34. The van der Waals surface area contributed by atoms with Crippen LogP contribution < -0.4 is 10.1 Å². The molecule has 1 N–H and O–H groups in total. The number of hydrogen-bond donors (Lipinski definition) is 1. The first kappa shape index (κ1) is 25.2. The van der Waals surface area contributed by atoms with Gasteiger partial charge in [0.1, 0.15) is 12.4 Å². The van der Waals surface area contributed by atoms with E-state index >= 15 is 0 Å². The molecular formula is C25H24BrN5O2S2. The Morgan fingerprint density at radius 2 is 1.97 bits per heavy atom. The molecule has 0 atom stereocenters. The second kappa shape index (κ2) is 12.1. The standard InChI is InChI=1S/C25H24BrN5O2S2/c1-3-12-31-22(15-33-20-10-4-17(2)5-11-20)29-30-25(31)34-16-23(32)28-24-27-14-21(35-24)13-18-6-8-19(26)9-7-18/h3-11,14H,1,12-13,15-16H2,2H3,(H,27,28,32). The molecule has 4 rings (SSSR count). The fourth-order valence-electron chi connectivity index (χ4n) is 3.16. The highest BCUT2D eigenvalue weighted by molar-refractivity contribution is 9.10. The Kier molecular flexibility index (Phi) is 8.73. The number of allylic oxidation sites excluding steroid dienone is 1. The molecule has 0 radical (unpaired) electrons. The van der Waals surface area contributed by atoms with Gasteiger partial charge in [0.05, 0.1) is 5.75 Å². The second-order valence-electron chi connectivity index (χ2n) is 7.67. The van der Waals surface area contributed by atoms with Crippen molar-refractivity contribution in [1.82, 2.24) is 19.7 Å². The summed E-state index contributed by atoms with van der Waals surface area (Å²) in [7, 11) is 0. The molecule has 7 nitrogen and oxygen atoms in total. The highest BCUT2D eigenvalue weighted by Crippen LogP contribution is 2.23. The first-order valence-corrected chi connectivity index (χ1v) is 13.4. The third-order valence-electron chi connectivity index (χ3n) is 4.92. The van der Waals surface area contributed by atoms with Gasteiger partial charge < -0.3 is 10.1 Å². The van der Waals surface area contributed by atoms with E-state index in [-0.39, 0.29) is 18.3 Å². The molecule has 0 fully saturated rings. The summed E-state index contributed by atoms with van der Waals surface area (Å²) >= 11 is 6.24. The highest BCUT2D eigenvalue weighted by atomic mass is 79.9. The van der Waals surface area contributed by atoms with Crippen LogP contribution in [0.1, 0.15) is 21.8 Å². The summed E-state index contributed by atoms with van der Waals surface area (Å²) in [5.41, 5.74) is 2.36. The lowest BCUT2D eigenvalue weighted by molar-refractivity contribution is -0.113. The van der Waals surface area contributed by atoms with Crippen LogP contribution in [0.2, 0.25) is 0 Å². The molecule has 0 saturated heterocycles. The van der Waals surface area contributed by atoms with Crippen LogP contribution in [0.25, 0.3) is 0 Å². The number of benzene rings is 2. The number of rotatable bonds is 11. The number of nitrogens with zero attached hydrogens (tertiary/aromatic N) is 4. The zero-order valence-corrected chi connectivity index (χ0v) is 22.3. The largest absolute Gasteiger partial charge is 0.486 e. The number of hydrogen-bond acceptors (Lipinski definition) is 7. The van der Waals surface area contributed by atoms with Crippen molar-refractivity contribution in [3.05, 3.63) is 93.7 Å². The molecule has 35 heavy (non-hydrogen) atoms. The minimum atomic E-state index is -0.148. The summed E-state index contributed by atoms with van der Waals surface area (Å²) in [6, 6.07) is 16.0.